The number of thiophene rings is 1. The van der Waals surface area contributed by atoms with Crippen molar-refractivity contribution in [3.8, 4) is 11.5 Å². The first-order valence-corrected chi connectivity index (χ1v) is 10.3. The minimum atomic E-state index is -0.495. The van der Waals surface area contributed by atoms with E-state index in [2.05, 4.69) is 12.2 Å². The number of rotatable bonds is 7. The van der Waals surface area contributed by atoms with Crippen molar-refractivity contribution in [3.63, 3.8) is 0 Å². The van der Waals surface area contributed by atoms with E-state index in [0.717, 1.165) is 36.1 Å². The monoisotopic (exact) mass is 402 g/mol. The molecule has 3 rings (SSSR count). The number of benzene rings is 1. The molecule has 1 aromatic carbocycles. The van der Waals surface area contributed by atoms with Gasteiger partial charge in [-0.25, -0.2) is 0 Å². The molecule has 1 atom stereocenters. The summed E-state index contributed by atoms with van der Waals surface area (Å²) in [5.74, 6) is 0.844. The average Bonchev–Trinajstić information content (AvgIpc) is 3.04. The maximum Gasteiger partial charge on any atom is 0.256 e. The van der Waals surface area contributed by atoms with E-state index in [1.165, 1.54) is 32.0 Å². The van der Waals surface area contributed by atoms with Crippen LogP contribution in [0, 0.1) is 5.92 Å². The molecule has 150 valence electrons. The highest BCUT2D eigenvalue weighted by Gasteiger charge is 2.28. The number of hydrogen-bond acceptors (Lipinski definition) is 5. The fraction of sp³-hybridized carbons (Fsp3) is 0.429. The first-order chi connectivity index (χ1) is 13.5. The van der Waals surface area contributed by atoms with Gasteiger partial charge in [0.25, 0.3) is 11.8 Å². The molecule has 1 aliphatic carbocycles. The molecule has 0 bridgehead atoms. The zero-order valence-corrected chi connectivity index (χ0v) is 17.3. The summed E-state index contributed by atoms with van der Waals surface area (Å²) in [6.07, 6.45) is 5.15. The number of carbonyl (C=O) groups is 2. The van der Waals surface area contributed by atoms with Gasteiger partial charge in [0, 0.05) is 16.5 Å². The molecular formula is C21H26N2O4S. The molecule has 2 aromatic rings. The van der Waals surface area contributed by atoms with E-state index in [1.54, 1.807) is 18.2 Å². The number of ether oxygens (including phenoxy) is 2. The van der Waals surface area contributed by atoms with Crippen molar-refractivity contribution in [1.29, 1.82) is 0 Å². The second-order valence-electron chi connectivity index (χ2n) is 7.03. The Balaban J connectivity index is 1.90. The van der Waals surface area contributed by atoms with Gasteiger partial charge in [0.2, 0.25) is 0 Å². The number of amides is 2. The lowest BCUT2D eigenvalue weighted by atomic mass is 9.84. The highest BCUT2D eigenvalue weighted by molar-refractivity contribution is 7.17. The number of hydrogen-bond donors (Lipinski definition) is 2. The Morgan fingerprint density at radius 1 is 1.21 bits per heavy atom. The predicted molar refractivity (Wildman–Crippen MR) is 111 cm³/mol. The molecule has 0 aliphatic heterocycles. The fourth-order valence-electron chi connectivity index (χ4n) is 3.77. The first-order valence-electron chi connectivity index (χ1n) is 9.45. The summed E-state index contributed by atoms with van der Waals surface area (Å²) in [5.41, 5.74) is 7.51. The van der Waals surface area contributed by atoms with E-state index >= 15 is 0 Å². The number of carbonyl (C=O) groups excluding carboxylic acids is 2. The van der Waals surface area contributed by atoms with E-state index in [4.69, 9.17) is 15.2 Å². The predicted octanol–water partition coefficient (Wildman–Crippen LogP) is 4.02. The van der Waals surface area contributed by atoms with Crippen LogP contribution in [-0.4, -0.2) is 26.0 Å². The van der Waals surface area contributed by atoms with Crippen LogP contribution in [0.25, 0.3) is 0 Å². The van der Waals surface area contributed by atoms with Crippen LogP contribution in [0.1, 0.15) is 57.3 Å². The van der Waals surface area contributed by atoms with Gasteiger partial charge >= 0.3 is 0 Å². The van der Waals surface area contributed by atoms with Gasteiger partial charge in [-0.05, 0) is 42.9 Å². The second-order valence-corrected chi connectivity index (χ2v) is 8.13. The first kappa shape index (κ1) is 20.2. The SMILES string of the molecule is CCCC1CCc2c(sc(NC(=O)c3cc(OC)cc(OC)c3)c2C(N)=O)C1. The fourth-order valence-corrected chi connectivity index (χ4v) is 5.13. The van der Waals surface area contributed by atoms with Crippen LogP contribution in [-0.2, 0) is 12.8 Å². The summed E-state index contributed by atoms with van der Waals surface area (Å²) in [4.78, 5) is 26.1. The average molecular weight is 403 g/mol. The van der Waals surface area contributed by atoms with Gasteiger partial charge in [0.15, 0.2) is 0 Å². The Bertz CT molecular complexity index is 869. The molecule has 0 fully saturated rings. The zero-order valence-electron chi connectivity index (χ0n) is 16.5. The van der Waals surface area contributed by atoms with E-state index in [0.29, 0.717) is 33.5 Å². The molecule has 3 N–H and O–H groups in total. The number of primary amides is 1. The summed E-state index contributed by atoms with van der Waals surface area (Å²) in [6, 6.07) is 4.96. The minimum absolute atomic E-state index is 0.330. The number of fused-ring (bicyclic) bond motifs is 1. The topological polar surface area (TPSA) is 90.7 Å². The zero-order chi connectivity index (χ0) is 20.3. The quantitative estimate of drug-likeness (QED) is 0.732. The smallest absolute Gasteiger partial charge is 0.256 e. The molecule has 28 heavy (non-hydrogen) atoms. The molecule has 0 radical (unpaired) electrons. The summed E-state index contributed by atoms with van der Waals surface area (Å²) >= 11 is 1.47. The van der Waals surface area contributed by atoms with E-state index in [1.807, 2.05) is 0 Å². The Morgan fingerprint density at radius 2 is 1.89 bits per heavy atom. The van der Waals surface area contributed by atoms with Crippen molar-refractivity contribution in [2.75, 3.05) is 19.5 Å². The maximum atomic E-state index is 12.8. The summed E-state index contributed by atoms with van der Waals surface area (Å²) < 4.78 is 10.5. The van der Waals surface area contributed by atoms with Gasteiger partial charge in [0.1, 0.15) is 16.5 Å². The Kier molecular flexibility index (Phi) is 6.24. The van der Waals surface area contributed by atoms with Crippen LogP contribution in [0.15, 0.2) is 18.2 Å². The second kappa shape index (κ2) is 8.65. The molecule has 1 unspecified atom stereocenters. The molecule has 6 nitrogen and oxygen atoms in total. The highest BCUT2D eigenvalue weighted by Crippen LogP contribution is 2.40. The minimum Gasteiger partial charge on any atom is -0.497 e. The van der Waals surface area contributed by atoms with Crippen molar-refractivity contribution < 1.29 is 19.1 Å². The van der Waals surface area contributed by atoms with Gasteiger partial charge in [-0.2, -0.15) is 0 Å². The summed E-state index contributed by atoms with van der Waals surface area (Å²) in [5, 5.41) is 3.41. The lowest BCUT2D eigenvalue weighted by molar-refractivity contribution is 0.1000. The third-order valence-corrected chi connectivity index (χ3v) is 6.32. The Labute approximate surface area is 169 Å². The molecule has 0 spiro atoms. The molecule has 0 saturated heterocycles. The van der Waals surface area contributed by atoms with Gasteiger partial charge in [0.05, 0.1) is 19.8 Å². The molecule has 2 amide bonds. The lowest BCUT2D eigenvalue weighted by Crippen LogP contribution is -2.20. The van der Waals surface area contributed by atoms with Crippen molar-refractivity contribution in [1.82, 2.24) is 0 Å². The van der Waals surface area contributed by atoms with Gasteiger partial charge in [-0.3, -0.25) is 9.59 Å². The Morgan fingerprint density at radius 3 is 2.46 bits per heavy atom. The molecule has 1 aromatic heterocycles. The summed E-state index contributed by atoms with van der Waals surface area (Å²) in [6.45, 7) is 2.19. The van der Waals surface area contributed by atoms with E-state index in [-0.39, 0.29) is 5.91 Å². The van der Waals surface area contributed by atoms with Crippen LogP contribution in [0.3, 0.4) is 0 Å². The van der Waals surface area contributed by atoms with Crippen molar-refractivity contribution in [2.24, 2.45) is 11.7 Å². The van der Waals surface area contributed by atoms with Crippen LogP contribution in [0.2, 0.25) is 0 Å². The number of anilines is 1. The van der Waals surface area contributed by atoms with Crippen LogP contribution >= 0.6 is 11.3 Å². The molecule has 0 saturated carbocycles. The molecule has 1 aliphatic rings. The van der Waals surface area contributed by atoms with E-state index in [9.17, 15) is 9.59 Å². The van der Waals surface area contributed by atoms with Crippen molar-refractivity contribution >= 4 is 28.2 Å². The third-order valence-electron chi connectivity index (χ3n) is 5.15. The molecule has 7 heteroatoms. The van der Waals surface area contributed by atoms with Gasteiger partial charge in [-0.15, -0.1) is 11.3 Å². The van der Waals surface area contributed by atoms with Gasteiger partial charge in [-0.1, -0.05) is 19.8 Å². The van der Waals surface area contributed by atoms with Crippen molar-refractivity contribution in [2.45, 2.75) is 39.0 Å². The maximum absolute atomic E-state index is 12.8. The van der Waals surface area contributed by atoms with Crippen molar-refractivity contribution in [3.05, 3.63) is 39.8 Å². The van der Waals surface area contributed by atoms with E-state index < -0.39 is 5.91 Å². The van der Waals surface area contributed by atoms with Crippen LogP contribution in [0.4, 0.5) is 5.00 Å². The largest absolute Gasteiger partial charge is 0.497 e. The normalized spacial score (nSPS) is 15.6. The lowest BCUT2D eigenvalue weighted by Gasteiger charge is -2.21. The van der Waals surface area contributed by atoms with Gasteiger partial charge < -0.3 is 20.5 Å². The summed E-state index contributed by atoms with van der Waals surface area (Å²) in [7, 11) is 3.06. The number of nitrogens with one attached hydrogen (secondary N) is 1. The molecular weight excluding hydrogens is 376 g/mol. The third kappa shape index (κ3) is 4.14. The highest BCUT2D eigenvalue weighted by atomic mass is 32.1. The van der Waals surface area contributed by atoms with Crippen LogP contribution < -0.4 is 20.5 Å². The Hall–Kier alpha value is -2.54. The van der Waals surface area contributed by atoms with Crippen LogP contribution in [0.5, 0.6) is 11.5 Å². The molecule has 1 heterocycles. The number of methoxy groups -OCH3 is 2. The standard InChI is InChI=1S/C21H26N2O4S/c1-4-5-12-6-7-16-17(8-12)28-21(18(16)19(22)24)23-20(25)13-9-14(26-2)11-15(10-13)27-3/h9-12H,4-8H2,1-3H3,(H2,22,24)(H,23,25). The number of nitrogens with two attached hydrogens (primary N) is 1.